The van der Waals surface area contributed by atoms with E-state index in [0.29, 0.717) is 0 Å². The fraction of sp³-hybridized carbons (Fsp3) is 0.0164. The number of para-hydroxylation sites is 1. The van der Waals surface area contributed by atoms with Crippen LogP contribution in [0.5, 0.6) is 0 Å². The molecule has 0 aliphatic heterocycles. The minimum absolute atomic E-state index is 0.446. The summed E-state index contributed by atoms with van der Waals surface area (Å²) in [5, 5.41) is 11.8. The zero-order chi connectivity index (χ0) is 41.2. The lowest BCUT2D eigenvalue weighted by Crippen LogP contribution is -2.28. The molecule has 0 unspecified atom stereocenters. The Hall–Kier alpha value is -8.20. The summed E-state index contributed by atoms with van der Waals surface area (Å²) in [7, 11) is 0. The molecule has 2 heteroatoms. The molecular formula is C61H36O2. The summed E-state index contributed by atoms with van der Waals surface area (Å²) in [6, 6.07) is 80.1. The number of hydrogen-bond acceptors (Lipinski definition) is 2. The predicted octanol–water partition coefficient (Wildman–Crippen LogP) is 16.6. The lowest BCUT2D eigenvalue weighted by molar-refractivity contribution is 0.633. The standard InChI is InChI=1S/C61H36O2/c1-3-14-40(15-4-1)61(41-16-5-2-6-17-41)54-23-11-9-21-50(54)58-42(22-13-24-55(58)61)39-27-30-46-45-29-26-37(34-51(45)43-18-7-8-19-44(43)52(46)36-39)38-28-33-57-53(35-38)49-32-31-48-47-20-10-12-25-56(47)62-59(48)60(49)63-57/h1-36H. The lowest BCUT2D eigenvalue weighted by atomic mass is 9.67. The molecular weight excluding hydrogens is 765 g/mol. The Morgan fingerprint density at radius 1 is 0.270 bits per heavy atom. The molecule has 2 nitrogen and oxygen atoms in total. The second-order valence-corrected chi connectivity index (χ2v) is 17.1. The third-order valence-corrected chi connectivity index (χ3v) is 13.9. The van der Waals surface area contributed by atoms with Gasteiger partial charge in [0.1, 0.15) is 11.2 Å². The molecule has 0 atom stereocenters. The predicted molar refractivity (Wildman–Crippen MR) is 262 cm³/mol. The van der Waals surface area contributed by atoms with Crippen molar-refractivity contribution in [2.75, 3.05) is 0 Å². The van der Waals surface area contributed by atoms with Gasteiger partial charge in [0.15, 0.2) is 11.2 Å². The normalized spacial score (nSPS) is 13.2. The van der Waals surface area contributed by atoms with E-state index in [1.54, 1.807) is 0 Å². The summed E-state index contributed by atoms with van der Waals surface area (Å²) in [5.41, 5.74) is 15.4. The highest BCUT2D eigenvalue weighted by atomic mass is 16.4. The molecule has 14 rings (SSSR count). The first-order valence-corrected chi connectivity index (χ1v) is 21.7. The fourth-order valence-electron chi connectivity index (χ4n) is 11.2. The van der Waals surface area contributed by atoms with Gasteiger partial charge < -0.3 is 8.83 Å². The maximum absolute atomic E-state index is 6.50. The van der Waals surface area contributed by atoms with Gasteiger partial charge in [0.25, 0.3) is 0 Å². The van der Waals surface area contributed by atoms with Crippen LogP contribution >= 0.6 is 0 Å². The van der Waals surface area contributed by atoms with Crippen LogP contribution in [0, 0.1) is 0 Å². The largest absolute Gasteiger partial charge is 0.452 e. The van der Waals surface area contributed by atoms with Crippen LogP contribution in [0.15, 0.2) is 227 Å². The van der Waals surface area contributed by atoms with Crippen molar-refractivity contribution in [3.63, 3.8) is 0 Å². The maximum atomic E-state index is 6.50. The van der Waals surface area contributed by atoms with Crippen molar-refractivity contribution in [3.8, 4) is 33.4 Å². The first-order valence-electron chi connectivity index (χ1n) is 21.7. The molecule has 0 amide bonds. The summed E-state index contributed by atoms with van der Waals surface area (Å²) in [5.74, 6) is 0. The van der Waals surface area contributed by atoms with Gasteiger partial charge in [-0.05, 0) is 130 Å². The highest BCUT2D eigenvalue weighted by Gasteiger charge is 2.46. The number of rotatable bonds is 4. The Balaban J connectivity index is 0.941. The van der Waals surface area contributed by atoms with E-state index in [0.717, 1.165) is 49.4 Å². The van der Waals surface area contributed by atoms with Crippen molar-refractivity contribution in [2.24, 2.45) is 0 Å². The molecule has 1 aliphatic rings. The van der Waals surface area contributed by atoms with Gasteiger partial charge in [0, 0.05) is 21.5 Å². The van der Waals surface area contributed by atoms with E-state index >= 15 is 0 Å². The summed E-state index contributed by atoms with van der Waals surface area (Å²) >= 11 is 0. The van der Waals surface area contributed by atoms with E-state index < -0.39 is 5.41 Å². The zero-order valence-corrected chi connectivity index (χ0v) is 34.1. The molecule has 0 saturated carbocycles. The molecule has 2 aromatic heterocycles. The van der Waals surface area contributed by atoms with E-state index in [1.165, 1.54) is 82.4 Å². The Morgan fingerprint density at radius 2 is 0.730 bits per heavy atom. The number of hydrogen-bond donors (Lipinski definition) is 0. The van der Waals surface area contributed by atoms with Crippen LogP contribution in [0.2, 0.25) is 0 Å². The van der Waals surface area contributed by atoms with Crippen LogP contribution in [0.3, 0.4) is 0 Å². The molecule has 0 fully saturated rings. The summed E-state index contributed by atoms with van der Waals surface area (Å²) in [6.07, 6.45) is 0. The first kappa shape index (κ1) is 34.5. The topological polar surface area (TPSA) is 26.3 Å². The average Bonchev–Trinajstić information content (AvgIpc) is 4.03. The van der Waals surface area contributed by atoms with Crippen LogP contribution < -0.4 is 0 Å². The van der Waals surface area contributed by atoms with Gasteiger partial charge in [-0.25, -0.2) is 0 Å². The number of furan rings is 2. The Kier molecular flexibility index (Phi) is 7.07. The third-order valence-electron chi connectivity index (χ3n) is 13.9. The quantitative estimate of drug-likeness (QED) is 0.166. The Labute approximate surface area is 362 Å². The van der Waals surface area contributed by atoms with Gasteiger partial charge in [-0.2, -0.15) is 0 Å². The van der Waals surface area contributed by atoms with Gasteiger partial charge in [0.05, 0.1) is 5.41 Å². The van der Waals surface area contributed by atoms with E-state index in [1.807, 2.05) is 12.1 Å². The minimum atomic E-state index is -0.446. The molecule has 0 spiro atoms. The maximum Gasteiger partial charge on any atom is 0.178 e. The molecule has 292 valence electrons. The van der Waals surface area contributed by atoms with Gasteiger partial charge in [0.2, 0.25) is 0 Å². The van der Waals surface area contributed by atoms with E-state index in [-0.39, 0.29) is 0 Å². The molecule has 2 heterocycles. The molecule has 0 saturated heterocycles. The van der Waals surface area contributed by atoms with Crippen molar-refractivity contribution in [2.45, 2.75) is 5.41 Å². The van der Waals surface area contributed by atoms with Gasteiger partial charge >= 0.3 is 0 Å². The van der Waals surface area contributed by atoms with Gasteiger partial charge in [-0.1, -0.05) is 176 Å². The molecule has 0 N–H and O–H groups in total. The second-order valence-electron chi connectivity index (χ2n) is 17.1. The zero-order valence-electron chi connectivity index (χ0n) is 34.1. The molecule has 13 aromatic rings. The molecule has 0 radical (unpaired) electrons. The third kappa shape index (κ3) is 4.72. The smallest absolute Gasteiger partial charge is 0.178 e. The highest BCUT2D eigenvalue weighted by molar-refractivity contribution is 6.26. The van der Waals surface area contributed by atoms with Crippen LogP contribution in [0.1, 0.15) is 22.3 Å². The Bertz CT molecular complexity index is 3960. The summed E-state index contributed by atoms with van der Waals surface area (Å²) < 4.78 is 12.9. The first-order chi connectivity index (χ1) is 31.2. The molecule has 0 bridgehead atoms. The Morgan fingerprint density at radius 3 is 1.43 bits per heavy atom. The van der Waals surface area contributed by atoms with Crippen LogP contribution in [0.4, 0.5) is 0 Å². The van der Waals surface area contributed by atoms with Crippen LogP contribution in [-0.4, -0.2) is 0 Å². The molecule has 1 aliphatic carbocycles. The van der Waals surface area contributed by atoms with Gasteiger partial charge in [-0.15, -0.1) is 0 Å². The van der Waals surface area contributed by atoms with E-state index in [2.05, 4.69) is 206 Å². The van der Waals surface area contributed by atoms with Crippen molar-refractivity contribution in [1.82, 2.24) is 0 Å². The monoisotopic (exact) mass is 800 g/mol. The number of benzene rings is 11. The number of fused-ring (bicyclic) bond motifs is 16. The lowest BCUT2D eigenvalue weighted by Gasteiger charge is -2.34. The molecule has 63 heavy (non-hydrogen) atoms. The van der Waals surface area contributed by atoms with E-state index in [4.69, 9.17) is 8.83 Å². The van der Waals surface area contributed by atoms with Crippen LogP contribution in [-0.2, 0) is 5.41 Å². The highest BCUT2D eigenvalue weighted by Crippen LogP contribution is 2.58. The minimum Gasteiger partial charge on any atom is -0.452 e. The van der Waals surface area contributed by atoms with Crippen molar-refractivity contribution >= 4 is 76.2 Å². The van der Waals surface area contributed by atoms with Crippen LogP contribution in [0.25, 0.3) is 110 Å². The fourth-order valence-corrected chi connectivity index (χ4v) is 11.2. The van der Waals surface area contributed by atoms with Crippen molar-refractivity contribution in [3.05, 3.63) is 241 Å². The van der Waals surface area contributed by atoms with Crippen molar-refractivity contribution in [1.29, 1.82) is 0 Å². The molecule has 11 aromatic carbocycles. The SMILES string of the molecule is c1ccc(C2(c3ccccc3)c3ccccc3-c3c(-c4ccc5c6ccc(-c7ccc8oc9c(ccc%10c%11ccccc%11oc%109)c8c7)cc6c6ccccc6c5c4)cccc32)cc1. The van der Waals surface area contributed by atoms with Crippen molar-refractivity contribution < 1.29 is 8.83 Å². The van der Waals surface area contributed by atoms with Gasteiger partial charge in [-0.3, -0.25) is 0 Å². The summed E-state index contributed by atoms with van der Waals surface area (Å²) in [4.78, 5) is 0. The average molecular weight is 801 g/mol. The van der Waals surface area contributed by atoms with E-state index in [9.17, 15) is 0 Å². The second kappa shape index (κ2) is 12.9. The summed E-state index contributed by atoms with van der Waals surface area (Å²) in [6.45, 7) is 0.